The van der Waals surface area contributed by atoms with E-state index in [9.17, 15) is 4.79 Å². The van der Waals surface area contributed by atoms with Crippen molar-refractivity contribution < 1.29 is 4.79 Å². The number of aromatic nitrogens is 2. The van der Waals surface area contributed by atoms with E-state index in [0.717, 1.165) is 18.9 Å². The Labute approximate surface area is 101 Å². The molecule has 0 aromatic carbocycles. The summed E-state index contributed by atoms with van der Waals surface area (Å²) >= 11 is 0. The molecule has 2 N–H and O–H groups in total. The molecule has 1 aliphatic rings. The Morgan fingerprint density at radius 3 is 3.18 bits per heavy atom. The van der Waals surface area contributed by atoms with Gasteiger partial charge < -0.3 is 15.2 Å². The molecule has 1 aliphatic heterocycles. The number of rotatable bonds is 3. The van der Waals surface area contributed by atoms with Crippen LogP contribution < -0.4 is 10.6 Å². The third-order valence-electron chi connectivity index (χ3n) is 3.17. The molecule has 0 saturated carbocycles. The van der Waals surface area contributed by atoms with Gasteiger partial charge in [-0.05, 0) is 0 Å². The minimum Gasteiger partial charge on any atom is -0.358 e. The Kier molecular flexibility index (Phi) is 3.75. The van der Waals surface area contributed by atoms with Crippen molar-refractivity contribution in [1.29, 1.82) is 0 Å². The van der Waals surface area contributed by atoms with Gasteiger partial charge in [-0.3, -0.25) is 9.69 Å². The van der Waals surface area contributed by atoms with Crippen molar-refractivity contribution in [3.05, 3.63) is 18.2 Å². The highest BCUT2D eigenvalue weighted by Crippen LogP contribution is 2.08. The van der Waals surface area contributed by atoms with Crippen LogP contribution in [-0.4, -0.2) is 53.1 Å². The predicted octanol–water partition coefficient (Wildman–Crippen LogP) is -1.06. The number of carbonyl (C=O) groups excluding carboxylic acids is 1. The van der Waals surface area contributed by atoms with Crippen molar-refractivity contribution in [3.63, 3.8) is 0 Å². The molecule has 6 nitrogen and oxygen atoms in total. The number of hydrogen-bond acceptors (Lipinski definition) is 4. The normalized spacial score (nSPS) is 21.4. The molecule has 1 unspecified atom stereocenters. The fourth-order valence-corrected chi connectivity index (χ4v) is 2.09. The number of nitrogens with one attached hydrogen (secondary N) is 2. The third kappa shape index (κ3) is 2.65. The van der Waals surface area contributed by atoms with Crippen LogP contribution in [-0.2, 0) is 18.4 Å². The van der Waals surface area contributed by atoms with Crippen LogP contribution in [0.4, 0.5) is 0 Å². The fourth-order valence-electron chi connectivity index (χ4n) is 2.09. The van der Waals surface area contributed by atoms with Gasteiger partial charge in [0, 0.05) is 46.1 Å². The van der Waals surface area contributed by atoms with E-state index < -0.39 is 0 Å². The lowest BCUT2D eigenvalue weighted by Crippen LogP contribution is -2.57. The number of nitrogens with zero attached hydrogens (tertiary/aromatic N) is 3. The smallest absolute Gasteiger partial charge is 0.238 e. The first kappa shape index (κ1) is 12.1. The summed E-state index contributed by atoms with van der Waals surface area (Å²) in [6.07, 6.45) is 3.71. The van der Waals surface area contributed by atoms with Crippen molar-refractivity contribution in [2.45, 2.75) is 12.6 Å². The summed E-state index contributed by atoms with van der Waals surface area (Å²) in [7, 11) is 3.65. The fraction of sp³-hybridized carbons (Fsp3) is 0.636. The number of piperazine rings is 1. The maximum absolute atomic E-state index is 11.8. The molecular weight excluding hydrogens is 218 g/mol. The van der Waals surface area contributed by atoms with Crippen molar-refractivity contribution >= 4 is 5.91 Å². The second kappa shape index (κ2) is 5.29. The molecule has 17 heavy (non-hydrogen) atoms. The summed E-state index contributed by atoms with van der Waals surface area (Å²) in [5.74, 6) is 1.05. The largest absolute Gasteiger partial charge is 0.358 e. The van der Waals surface area contributed by atoms with Crippen molar-refractivity contribution in [1.82, 2.24) is 25.1 Å². The van der Waals surface area contributed by atoms with E-state index in [-0.39, 0.29) is 11.9 Å². The predicted molar refractivity (Wildman–Crippen MR) is 64.3 cm³/mol. The molecule has 0 radical (unpaired) electrons. The van der Waals surface area contributed by atoms with Crippen LogP contribution in [0, 0.1) is 0 Å². The summed E-state index contributed by atoms with van der Waals surface area (Å²) < 4.78 is 1.99. The molecule has 1 aromatic heterocycles. The quantitative estimate of drug-likeness (QED) is 0.703. The second-order valence-corrected chi connectivity index (χ2v) is 4.26. The number of aryl methyl sites for hydroxylation is 1. The number of hydrogen-bond donors (Lipinski definition) is 2. The van der Waals surface area contributed by atoms with Crippen LogP contribution >= 0.6 is 0 Å². The van der Waals surface area contributed by atoms with Gasteiger partial charge in [0.2, 0.25) is 5.91 Å². The second-order valence-electron chi connectivity index (χ2n) is 4.26. The molecule has 94 valence electrons. The van der Waals surface area contributed by atoms with Gasteiger partial charge >= 0.3 is 0 Å². The van der Waals surface area contributed by atoms with E-state index in [4.69, 9.17) is 0 Å². The average Bonchev–Trinajstić information content (AvgIpc) is 2.75. The SMILES string of the molecule is CNC(=O)C1CNCCN1Cc1nccn1C. The van der Waals surface area contributed by atoms with Crippen LogP contribution in [0.15, 0.2) is 12.4 Å². The van der Waals surface area contributed by atoms with Crippen LogP contribution in [0.3, 0.4) is 0 Å². The first-order chi connectivity index (χ1) is 8.22. The number of carbonyl (C=O) groups is 1. The Balaban J connectivity index is 2.06. The van der Waals surface area contributed by atoms with Crippen molar-refractivity contribution in [3.8, 4) is 0 Å². The first-order valence-electron chi connectivity index (χ1n) is 5.85. The molecule has 1 atom stereocenters. The van der Waals surface area contributed by atoms with Gasteiger partial charge in [0.15, 0.2) is 0 Å². The minimum atomic E-state index is -0.106. The number of imidazole rings is 1. The zero-order valence-electron chi connectivity index (χ0n) is 10.3. The third-order valence-corrected chi connectivity index (χ3v) is 3.17. The van der Waals surface area contributed by atoms with Crippen LogP contribution in [0.2, 0.25) is 0 Å². The molecular formula is C11H19N5O. The lowest BCUT2D eigenvalue weighted by Gasteiger charge is -2.34. The molecule has 1 fully saturated rings. The molecule has 0 aliphatic carbocycles. The molecule has 1 saturated heterocycles. The van der Waals surface area contributed by atoms with Gasteiger partial charge in [0.05, 0.1) is 6.54 Å². The Hall–Kier alpha value is -1.40. The van der Waals surface area contributed by atoms with Gasteiger partial charge in [-0.1, -0.05) is 0 Å². The average molecular weight is 237 g/mol. The summed E-state index contributed by atoms with van der Waals surface area (Å²) in [4.78, 5) is 18.2. The molecule has 0 spiro atoms. The standard InChI is InChI=1S/C11H19N5O/c1-12-11(17)9-7-13-3-6-16(9)8-10-14-4-5-15(10)2/h4-5,9,13H,3,6-8H2,1-2H3,(H,12,17). The topological polar surface area (TPSA) is 62.2 Å². The van der Waals surface area contributed by atoms with Gasteiger partial charge in [0.25, 0.3) is 0 Å². The molecule has 1 aromatic rings. The maximum Gasteiger partial charge on any atom is 0.238 e. The highest BCUT2D eigenvalue weighted by Gasteiger charge is 2.28. The zero-order chi connectivity index (χ0) is 12.3. The Morgan fingerprint density at radius 1 is 1.71 bits per heavy atom. The van der Waals surface area contributed by atoms with E-state index in [1.807, 2.05) is 17.8 Å². The first-order valence-corrected chi connectivity index (χ1v) is 5.85. The highest BCUT2D eigenvalue weighted by atomic mass is 16.2. The maximum atomic E-state index is 11.8. The molecule has 2 heterocycles. The molecule has 6 heteroatoms. The van der Waals surface area contributed by atoms with Gasteiger partial charge in [-0.15, -0.1) is 0 Å². The number of likely N-dealkylation sites (N-methyl/N-ethyl adjacent to an activating group) is 1. The van der Waals surface area contributed by atoms with E-state index in [0.29, 0.717) is 13.1 Å². The lowest BCUT2D eigenvalue weighted by atomic mass is 10.1. The van der Waals surface area contributed by atoms with Gasteiger partial charge in [0.1, 0.15) is 11.9 Å². The van der Waals surface area contributed by atoms with E-state index in [2.05, 4.69) is 20.5 Å². The van der Waals surface area contributed by atoms with Crippen LogP contribution in [0.25, 0.3) is 0 Å². The van der Waals surface area contributed by atoms with Gasteiger partial charge in [-0.25, -0.2) is 4.98 Å². The van der Waals surface area contributed by atoms with Gasteiger partial charge in [-0.2, -0.15) is 0 Å². The van der Waals surface area contributed by atoms with E-state index in [1.54, 1.807) is 13.2 Å². The summed E-state index contributed by atoms with van der Waals surface area (Å²) in [5, 5.41) is 5.96. The van der Waals surface area contributed by atoms with Crippen LogP contribution in [0.1, 0.15) is 5.82 Å². The Bertz CT molecular complexity index is 389. The summed E-state index contributed by atoms with van der Waals surface area (Å²) in [5.41, 5.74) is 0. The zero-order valence-corrected chi connectivity index (χ0v) is 10.3. The summed E-state index contributed by atoms with van der Waals surface area (Å²) in [6.45, 7) is 3.19. The van der Waals surface area contributed by atoms with E-state index in [1.165, 1.54) is 0 Å². The van der Waals surface area contributed by atoms with Crippen molar-refractivity contribution in [2.75, 3.05) is 26.7 Å². The van der Waals surface area contributed by atoms with E-state index >= 15 is 0 Å². The molecule has 2 rings (SSSR count). The minimum absolute atomic E-state index is 0.0615. The monoisotopic (exact) mass is 237 g/mol. The molecule has 0 bridgehead atoms. The van der Waals surface area contributed by atoms with Crippen molar-refractivity contribution in [2.24, 2.45) is 7.05 Å². The van der Waals surface area contributed by atoms with Crippen LogP contribution in [0.5, 0.6) is 0 Å². The molecule has 1 amide bonds. The Morgan fingerprint density at radius 2 is 2.53 bits per heavy atom. The lowest BCUT2D eigenvalue weighted by molar-refractivity contribution is -0.126. The highest BCUT2D eigenvalue weighted by molar-refractivity contribution is 5.81. The number of amides is 1. The summed E-state index contributed by atoms with van der Waals surface area (Å²) in [6, 6.07) is -0.106.